The van der Waals surface area contributed by atoms with Gasteiger partial charge in [0.15, 0.2) is 0 Å². The molecule has 2 saturated heterocycles. The van der Waals surface area contributed by atoms with Crippen molar-refractivity contribution in [2.45, 2.75) is 51.1 Å². The molecule has 0 amide bonds. The standard InChI is InChI=1S/C15H26N4OS/c1-4-20-11-13-5-6-15(18(13)3)7-9-19(10-8-15)14-17-16-12(2)21-14/h13H,4-11H2,1-3H3/t13-/m0/s1. The summed E-state index contributed by atoms with van der Waals surface area (Å²) < 4.78 is 5.65. The predicted octanol–water partition coefficient (Wildman–Crippen LogP) is 2.32. The Hall–Kier alpha value is -0.720. The highest BCUT2D eigenvalue weighted by molar-refractivity contribution is 7.15. The van der Waals surface area contributed by atoms with Crippen LogP contribution < -0.4 is 4.90 Å². The van der Waals surface area contributed by atoms with E-state index in [-0.39, 0.29) is 0 Å². The van der Waals surface area contributed by atoms with Crippen LogP contribution in [0.4, 0.5) is 5.13 Å². The van der Waals surface area contributed by atoms with Crippen molar-refractivity contribution in [3.8, 4) is 0 Å². The zero-order valence-corrected chi connectivity index (χ0v) is 14.2. The van der Waals surface area contributed by atoms with Crippen molar-refractivity contribution in [2.75, 3.05) is 38.3 Å². The van der Waals surface area contributed by atoms with Crippen LogP contribution in [0.5, 0.6) is 0 Å². The van der Waals surface area contributed by atoms with Gasteiger partial charge in [0.2, 0.25) is 5.13 Å². The van der Waals surface area contributed by atoms with Crippen LogP contribution in [0, 0.1) is 6.92 Å². The summed E-state index contributed by atoms with van der Waals surface area (Å²) in [5.74, 6) is 0. The minimum atomic E-state index is 0.387. The highest BCUT2D eigenvalue weighted by Gasteiger charge is 2.45. The number of anilines is 1. The molecular weight excluding hydrogens is 284 g/mol. The molecule has 2 aliphatic heterocycles. The fraction of sp³-hybridized carbons (Fsp3) is 0.867. The molecule has 118 valence electrons. The lowest BCUT2D eigenvalue weighted by atomic mass is 9.85. The van der Waals surface area contributed by atoms with Crippen molar-refractivity contribution in [1.29, 1.82) is 0 Å². The second-order valence-electron chi connectivity index (χ2n) is 6.28. The molecule has 0 bridgehead atoms. The van der Waals surface area contributed by atoms with Gasteiger partial charge in [-0.3, -0.25) is 4.90 Å². The molecule has 1 atom stereocenters. The quantitative estimate of drug-likeness (QED) is 0.854. The molecule has 1 aromatic rings. The summed E-state index contributed by atoms with van der Waals surface area (Å²) in [5.41, 5.74) is 0.387. The number of aryl methyl sites for hydroxylation is 1. The molecule has 1 spiro atoms. The average Bonchev–Trinajstić information content (AvgIpc) is 3.05. The highest BCUT2D eigenvalue weighted by atomic mass is 32.1. The third kappa shape index (κ3) is 2.94. The summed E-state index contributed by atoms with van der Waals surface area (Å²) in [6.45, 7) is 8.00. The number of likely N-dealkylation sites (N-methyl/N-ethyl adjacent to an activating group) is 1. The Labute approximate surface area is 131 Å². The lowest BCUT2D eigenvalue weighted by Gasteiger charge is -2.44. The van der Waals surface area contributed by atoms with Crippen LogP contribution in [-0.4, -0.2) is 60.0 Å². The van der Waals surface area contributed by atoms with E-state index in [1.54, 1.807) is 11.3 Å². The first kappa shape index (κ1) is 15.2. The van der Waals surface area contributed by atoms with E-state index >= 15 is 0 Å². The van der Waals surface area contributed by atoms with Gasteiger partial charge in [0, 0.05) is 31.3 Å². The molecule has 0 aliphatic carbocycles. The molecule has 3 rings (SSSR count). The van der Waals surface area contributed by atoms with Crippen molar-refractivity contribution >= 4 is 16.5 Å². The van der Waals surface area contributed by atoms with Crippen LogP contribution in [0.25, 0.3) is 0 Å². The maximum atomic E-state index is 5.65. The maximum absolute atomic E-state index is 5.65. The summed E-state index contributed by atoms with van der Waals surface area (Å²) in [7, 11) is 2.29. The molecular formula is C15H26N4OS. The number of rotatable bonds is 4. The van der Waals surface area contributed by atoms with E-state index in [4.69, 9.17) is 4.74 Å². The van der Waals surface area contributed by atoms with Gasteiger partial charge in [0.05, 0.1) is 6.61 Å². The van der Waals surface area contributed by atoms with E-state index in [1.807, 2.05) is 6.92 Å². The molecule has 21 heavy (non-hydrogen) atoms. The molecule has 3 heterocycles. The zero-order valence-electron chi connectivity index (χ0n) is 13.3. The lowest BCUT2D eigenvalue weighted by molar-refractivity contribution is 0.0462. The van der Waals surface area contributed by atoms with Crippen LogP contribution in [0.3, 0.4) is 0 Å². The van der Waals surface area contributed by atoms with Crippen LogP contribution in [0.1, 0.15) is 37.6 Å². The molecule has 0 saturated carbocycles. The zero-order chi connectivity index (χ0) is 14.9. The summed E-state index contributed by atoms with van der Waals surface area (Å²) in [4.78, 5) is 5.00. The second kappa shape index (κ2) is 6.18. The summed E-state index contributed by atoms with van der Waals surface area (Å²) in [6, 6.07) is 0.597. The number of likely N-dealkylation sites (tertiary alicyclic amines) is 1. The number of piperidine rings is 1. The minimum absolute atomic E-state index is 0.387. The van der Waals surface area contributed by atoms with E-state index in [0.29, 0.717) is 11.6 Å². The lowest BCUT2D eigenvalue weighted by Crippen LogP contribution is -2.53. The summed E-state index contributed by atoms with van der Waals surface area (Å²) >= 11 is 1.71. The van der Waals surface area contributed by atoms with Crippen molar-refractivity contribution in [3.05, 3.63) is 5.01 Å². The van der Waals surface area contributed by atoms with Gasteiger partial charge >= 0.3 is 0 Å². The Balaban J connectivity index is 1.60. The van der Waals surface area contributed by atoms with E-state index in [0.717, 1.165) is 36.4 Å². The molecule has 0 unspecified atom stereocenters. The molecule has 2 aliphatic rings. The first-order valence-electron chi connectivity index (χ1n) is 8.00. The third-order valence-electron chi connectivity index (χ3n) is 5.23. The Bertz CT molecular complexity index is 470. The van der Waals surface area contributed by atoms with Gasteiger partial charge in [-0.15, -0.1) is 10.2 Å². The smallest absolute Gasteiger partial charge is 0.208 e. The maximum Gasteiger partial charge on any atom is 0.208 e. The largest absolute Gasteiger partial charge is 0.380 e. The number of hydrogen-bond donors (Lipinski definition) is 0. The van der Waals surface area contributed by atoms with E-state index in [9.17, 15) is 0 Å². The summed E-state index contributed by atoms with van der Waals surface area (Å²) in [5, 5.41) is 10.6. The van der Waals surface area contributed by atoms with Gasteiger partial charge < -0.3 is 9.64 Å². The topological polar surface area (TPSA) is 41.5 Å². The van der Waals surface area contributed by atoms with E-state index in [2.05, 4.69) is 34.0 Å². The number of hydrogen-bond acceptors (Lipinski definition) is 6. The molecule has 1 aromatic heterocycles. The van der Waals surface area contributed by atoms with Crippen LogP contribution in [0.15, 0.2) is 0 Å². The van der Waals surface area contributed by atoms with Gasteiger partial charge in [-0.05, 0) is 46.6 Å². The first-order chi connectivity index (χ1) is 10.1. The van der Waals surface area contributed by atoms with Crippen molar-refractivity contribution in [2.24, 2.45) is 0 Å². The van der Waals surface area contributed by atoms with Gasteiger partial charge in [-0.2, -0.15) is 0 Å². The van der Waals surface area contributed by atoms with Gasteiger partial charge in [-0.25, -0.2) is 0 Å². The Kier molecular flexibility index (Phi) is 4.47. The monoisotopic (exact) mass is 310 g/mol. The molecule has 6 heteroatoms. The third-order valence-corrected chi connectivity index (χ3v) is 6.13. The van der Waals surface area contributed by atoms with Crippen molar-refractivity contribution < 1.29 is 4.74 Å². The minimum Gasteiger partial charge on any atom is -0.380 e. The Morgan fingerprint density at radius 1 is 1.29 bits per heavy atom. The average molecular weight is 310 g/mol. The van der Waals surface area contributed by atoms with Gasteiger partial charge in [-0.1, -0.05) is 11.3 Å². The highest BCUT2D eigenvalue weighted by Crippen LogP contribution is 2.41. The van der Waals surface area contributed by atoms with Gasteiger partial charge in [0.25, 0.3) is 0 Å². The second-order valence-corrected chi connectivity index (χ2v) is 7.44. The molecule has 0 N–H and O–H groups in total. The van der Waals surface area contributed by atoms with Gasteiger partial charge in [0.1, 0.15) is 5.01 Å². The fourth-order valence-corrected chi connectivity index (χ4v) is 4.51. The van der Waals surface area contributed by atoms with E-state index in [1.165, 1.54) is 25.7 Å². The van der Waals surface area contributed by atoms with Crippen LogP contribution in [-0.2, 0) is 4.74 Å². The van der Waals surface area contributed by atoms with Crippen LogP contribution in [0.2, 0.25) is 0 Å². The van der Waals surface area contributed by atoms with E-state index < -0.39 is 0 Å². The molecule has 5 nitrogen and oxygen atoms in total. The van der Waals surface area contributed by atoms with Crippen molar-refractivity contribution in [3.63, 3.8) is 0 Å². The Morgan fingerprint density at radius 2 is 2.05 bits per heavy atom. The SMILES string of the molecule is CCOC[C@@H]1CCC2(CCN(c3nnc(C)s3)CC2)N1C. The Morgan fingerprint density at radius 3 is 2.67 bits per heavy atom. The number of nitrogens with zero attached hydrogens (tertiary/aromatic N) is 4. The molecule has 0 radical (unpaired) electrons. The van der Waals surface area contributed by atoms with Crippen molar-refractivity contribution in [1.82, 2.24) is 15.1 Å². The summed E-state index contributed by atoms with van der Waals surface area (Å²) in [6.07, 6.45) is 5.04. The fourth-order valence-electron chi connectivity index (χ4n) is 3.77. The number of ether oxygens (including phenoxy) is 1. The number of aromatic nitrogens is 2. The van der Waals surface area contributed by atoms with Crippen LogP contribution >= 0.6 is 11.3 Å². The normalized spacial score (nSPS) is 25.9. The predicted molar refractivity (Wildman–Crippen MR) is 86.1 cm³/mol. The first-order valence-corrected chi connectivity index (χ1v) is 8.82. The molecule has 2 fully saturated rings. The molecule has 0 aromatic carbocycles.